The Balaban J connectivity index is 2.12. The lowest BCUT2D eigenvalue weighted by Gasteiger charge is -2.05. The first-order valence-corrected chi connectivity index (χ1v) is 6.38. The molecule has 0 heterocycles. The highest BCUT2D eigenvalue weighted by molar-refractivity contribution is 7.99. The van der Waals surface area contributed by atoms with Crippen molar-refractivity contribution in [2.24, 2.45) is 0 Å². The molecule has 0 unspecified atom stereocenters. The number of hydrogen-bond acceptors (Lipinski definition) is 3. The van der Waals surface area contributed by atoms with Gasteiger partial charge in [-0.05, 0) is 18.6 Å². The maximum atomic E-state index is 5.82. The minimum Gasteiger partial charge on any atom is -0.398 e. The van der Waals surface area contributed by atoms with Gasteiger partial charge in [-0.25, -0.2) is 0 Å². The van der Waals surface area contributed by atoms with E-state index < -0.39 is 0 Å². The van der Waals surface area contributed by atoms with Crippen LogP contribution in [0.4, 0.5) is 5.69 Å². The maximum Gasteiger partial charge on any atom is 0.0560 e. The van der Waals surface area contributed by atoms with Gasteiger partial charge in [0.25, 0.3) is 0 Å². The first-order chi connectivity index (χ1) is 7.34. The van der Waals surface area contributed by atoms with Crippen LogP contribution in [0.1, 0.15) is 19.8 Å². The van der Waals surface area contributed by atoms with Crippen molar-refractivity contribution < 1.29 is 4.74 Å². The number of anilines is 1. The fourth-order valence-corrected chi connectivity index (χ4v) is 2.00. The van der Waals surface area contributed by atoms with Gasteiger partial charge >= 0.3 is 0 Å². The van der Waals surface area contributed by atoms with E-state index in [2.05, 4.69) is 6.92 Å². The molecule has 0 aliphatic heterocycles. The third kappa shape index (κ3) is 5.09. The summed E-state index contributed by atoms with van der Waals surface area (Å²) in [6.45, 7) is 3.85. The van der Waals surface area contributed by atoms with Crippen molar-refractivity contribution in [2.45, 2.75) is 24.7 Å². The van der Waals surface area contributed by atoms with Gasteiger partial charge < -0.3 is 10.5 Å². The summed E-state index contributed by atoms with van der Waals surface area (Å²) in [6, 6.07) is 7.94. The second-order valence-corrected chi connectivity index (χ2v) is 4.49. The van der Waals surface area contributed by atoms with Gasteiger partial charge in [0, 0.05) is 22.9 Å². The SMILES string of the molecule is CCCCOCCSc1ccccc1N. The van der Waals surface area contributed by atoms with E-state index in [-0.39, 0.29) is 0 Å². The third-order valence-electron chi connectivity index (χ3n) is 2.05. The van der Waals surface area contributed by atoms with E-state index in [0.717, 1.165) is 36.0 Å². The molecule has 2 N–H and O–H groups in total. The second kappa shape index (κ2) is 7.60. The number of para-hydroxylation sites is 1. The van der Waals surface area contributed by atoms with Crippen molar-refractivity contribution in [1.82, 2.24) is 0 Å². The van der Waals surface area contributed by atoms with Gasteiger partial charge in [0.2, 0.25) is 0 Å². The molecule has 0 bridgehead atoms. The van der Waals surface area contributed by atoms with Gasteiger partial charge in [-0.3, -0.25) is 0 Å². The molecular weight excluding hydrogens is 206 g/mol. The summed E-state index contributed by atoms with van der Waals surface area (Å²) in [7, 11) is 0. The second-order valence-electron chi connectivity index (χ2n) is 3.35. The van der Waals surface area contributed by atoms with E-state index in [9.17, 15) is 0 Å². The summed E-state index contributed by atoms with van der Waals surface area (Å²) in [6.07, 6.45) is 2.34. The smallest absolute Gasteiger partial charge is 0.0560 e. The first-order valence-electron chi connectivity index (χ1n) is 5.39. The zero-order valence-corrected chi connectivity index (χ0v) is 10.1. The fraction of sp³-hybridized carbons (Fsp3) is 0.500. The topological polar surface area (TPSA) is 35.2 Å². The molecule has 0 aliphatic carbocycles. The lowest BCUT2D eigenvalue weighted by molar-refractivity contribution is 0.147. The Labute approximate surface area is 96.2 Å². The zero-order chi connectivity index (χ0) is 10.9. The Morgan fingerprint density at radius 1 is 1.27 bits per heavy atom. The van der Waals surface area contributed by atoms with E-state index in [4.69, 9.17) is 10.5 Å². The highest BCUT2D eigenvalue weighted by Gasteiger charge is 1.97. The van der Waals surface area contributed by atoms with Crippen LogP contribution in [0.25, 0.3) is 0 Å². The molecule has 1 rings (SSSR count). The van der Waals surface area contributed by atoms with Gasteiger partial charge in [-0.1, -0.05) is 25.5 Å². The molecule has 0 amide bonds. The summed E-state index contributed by atoms with van der Waals surface area (Å²) >= 11 is 1.76. The lowest BCUT2D eigenvalue weighted by Crippen LogP contribution is -1.99. The van der Waals surface area contributed by atoms with Gasteiger partial charge in [0.1, 0.15) is 0 Å². The molecule has 1 aromatic rings. The minimum absolute atomic E-state index is 0.805. The predicted octanol–water partition coefficient (Wildman–Crippen LogP) is 3.18. The Kier molecular flexibility index (Phi) is 6.28. The monoisotopic (exact) mass is 225 g/mol. The van der Waals surface area contributed by atoms with Crippen LogP contribution in [0.2, 0.25) is 0 Å². The summed E-state index contributed by atoms with van der Waals surface area (Å²) in [5, 5.41) is 0. The molecule has 84 valence electrons. The average Bonchev–Trinajstić information content (AvgIpc) is 2.25. The molecule has 1 aromatic carbocycles. The third-order valence-corrected chi connectivity index (χ3v) is 3.10. The van der Waals surface area contributed by atoms with Crippen molar-refractivity contribution in [2.75, 3.05) is 24.7 Å². The van der Waals surface area contributed by atoms with E-state index in [0.29, 0.717) is 0 Å². The van der Waals surface area contributed by atoms with Crippen LogP contribution < -0.4 is 5.73 Å². The Hall–Kier alpha value is -0.670. The molecule has 0 fully saturated rings. The molecular formula is C12H19NOS. The summed E-state index contributed by atoms with van der Waals surface area (Å²) in [5.41, 5.74) is 6.68. The van der Waals surface area contributed by atoms with Gasteiger partial charge in [0.15, 0.2) is 0 Å². The van der Waals surface area contributed by atoms with Crippen LogP contribution in [0, 0.1) is 0 Å². The number of nitrogen functional groups attached to an aromatic ring is 1. The average molecular weight is 225 g/mol. The fourth-order valence-electron chi connectivity index (χ4n) is 1.17. The summed E-state index contributed by atoms with van der Waals surface area (Å²) in [4.78, 5) is 1.15. The van der Waals surface area contributed by atoms with Crippen molar-refractivity contribution in [1.29, 1.82) is 0 Å². The predicted molar refractivity (Wildman–Crippen MR) is 67.3 cm³/mol. The molecule has 0 aliphatic rings. The highest BCUT2D eigenvalue weighted by Crippen LogP contribution is 2.23. The first kappa shape index (κ1) is 12.4. The molecule has 15 heavy (non-hydrogen) atoms. The van der Waals surface area contributed by atoms with E-state index in [1.807, 2.05) is 24.3 Å². The number of benzene rings is 1. The number of unbranched alkanes of at least 4 members (excludes halogenated alkanes) is 1. The number of ether oxygens (including phenoxy) is 1. The van der Waals surface area contributed by atoms with Crippen LogP contribution in [-0.2, 0) is 4.74 Å². The maximum absolute atomic E-state index is 5.82. The van der Waals surface area contributed by atoms with Crippen LogP contribution >= 0.6 is 11.8 Å². The Bertz CT molecular complexity index is 278. The normalized spacial score (nSPS) is 10.5. The molecule has 0 spiro atoms. The number of hydrogen-bond donors (Lipinski definition) is 1. The summed E-state index contributed by atoms with van der Waals surface area (Å²) in [5.74, 6) is 0.970. The Morgan fingerprint density at radius 2 is 2.07 bits per heavy atom. The molecule has 0 saturated heterocycles. The number of thioether (sulfide) groups is 1. The van der Waals surface area contributed by atoms with Crippen LogP contribution in [0.5, 0.6) is 0 Å². The van der Waals surface area contributed by atoms with E-state index in [1.165, 1.54) is 6.42 Å². The molecule has 3 heteroatoms. The number of nitrogens with two attached hydrogens (primary N) is 1. The standard InChI is InChI=1S/C12H19NOS/c1-2-3-8-14-9-10-15-12-7-5-4-6-11(12)13/h4-7H,2-3,8-10,13H2,1H3. The molecule has 0 saturated carbocycles. The van der Waals surface area contributed by atoms with Crippen molar-refractivity contribution in [3.8, 4) is 0 Å². The molecule has 0 atom stereocenters. The van der Waals surface area contributed by atoms with Crippen LogP contribution in [0.15, 0.2) is 29.2 Å². The van der Waals surface area contributed by atoms with Gasteiger partial charge in [-0.2, -0.15) is 0 Å². The molecule has 0 radical (unpaired) electrons. The zero-order valence-electron chi connectivity index (χ0n) is 9.24. The summed E-state index contributed by atoms with van der Waals surface area (Å²) < 4.78 is 5.47. The Morgan fingerprint density at radius 3 is 2.80 bits per heavy atom. The largest absolute Gasteiger partial charge is 0.398 e. The molecule has 2 nitrogen and oxygen atoms in total. The van der Waals surface area contributed by atoms with E-state index >= 15 is 0 Å². The minimum atomic E-state index is 0.805. The van der Waals surface area contributed by atoms with Crippen molar-refractivity contribution in [3.05, 3.63) is 24.3 Å². The van der Waals surface area contributed by atoms with E-state index in [1.54, 1.807) is 11.8 Å². The lowest BCUT2D eigenvalue weighted by atomic mass is 10.3. The number of rotatable bonds is 7. The molecule has 0 aromatic heterocycles. The van der Waals surface area contributed by atoms with Gasteiger partial charge in [0.05, 0.1) is 6.61 Å². The quantitative estimate of drug-likeness (QED) is 0.440. The van der Waals surface area contributed by atoms with Crippen LogP contribution in [-0.4, -0.2) is 19.0 Å². The van der Waals surface area contributed by atoms with Crippen molar-refractivity contribution >= 4 is 17.4 Å². The highest BCUT2D eigenvalue weighted by atomic mass is 32.2. The van der Waals surface area contributed by atoms with Gasteiger partial charge in [-0.15, -0.1) is 11.8 Å². The van der Waals surface area contributed by atoms with Crippen LogP contribution in [0.3, 0.4) is 0 Å². The van der Waals surface area contributed by atoms with Crippen molar-refractivity contribution in [3.63, 3.8) is 0 Å².